The molecule has 5 rings (SSSR count). The van der Waals surface area contributed by atoms with E-state index in [4.69, 9.17) is 14.2 Å². The fourth-order valence-corrected chi connectivity index (χ4v) is 7.48. The molecular weight excluding hydrogens is 456 g/mol. The van der Waals surface area contributed by atoms with Crippen LogP contribution < -0.4 is 0 Å². The first kappa shape index (κ1) is 25.0. The van der Waals surface area contributed by atoms with Gasteiger partial charge in [-0.15, -0.1) is 0 Å². The second-order valence-electron chi connectivity index (χ2n) is 11.4. The minimum Gasteiger partial charge on any atom is -0.454 e. The molecule has 0 aromatic rings. The van der Waals surface area contributed by atoms with Crippen molar-refractivity contribution in [2.45, 2.75) is 96.1 Å². The van der Waals surface area contributed by atoms with Crippen LogP contribution >= 0.6 is 0 Å². The van der Waals surface area contributed by atoms with Crippen LogP contribution in [0.15, 0.2) is 22.3 Å². The average molecular weight is 493 g/mol. The zero-order valence-electron chi connectivity index (χ0n) is 20.5. The summed E-state index contributed by atoms with van der Waals surface area (Å²) in [6.07, 6.45) is -2.28. The number of hydrogen-bond donors (Lipinski definition) is 4. The quantitative estimate of drug-likeness (QED) is 0.421. The second kappa shape index (κ2) is 8.75. The molecule has 0 aromatic heterocycles. The van der Waals surface area contributed by atoms with Crippen molar-refractivity contribution in [1.29, 1.82) is 0 Å². The Bertz CT molecular complexity index is 983. The summed E-state index contributed by atoms with van der Waals surface area (Å²) in [7, 11) is 0. The number of Topliss-reactive ketones (excluding diaryl/α,β-unsaturated/α-hetero) is 1. The predicted octanol–water partition coefficient (Wildman–Crippen LogP) is 0.921. The lowest BCUT2D eigenvalue weighted by atomic mass is 9.48. The van der Waals surface area contributed by atoms with E-state index in [9.17, 15) is 30.0 Å². The van der Waals surface area contributed by atoms with Crippen LogP contribution in [0.2, 0.25) is 0 Å². The lowest BCUT2D eigenvalue weighted by Crippen LogP contribution is -2.60. The van der Waals surface area contributed by atoms with Gasteiger partial charge in [-0.3, -0.25) is 4.79 Å². The molecule has 3 aliphatic carbocycles. The maximum atomic E-state index is 13.4. The minimum absolute atomic E-state index is 0.0379. The predicted molar refractivity (Wildman–Crippen MR) is 122 cm³/mol. The van der Waals surface area contributed by atoms with Crippen molar-refractivity contribution in [1.82, 2.24) is 0 Å². The number of ether oxygens (including phenoxy) is 3. The maximum absolute atomic E-state index is 13.4. The topological polar surface area (TPSA) is 143 Å². The van der Waals surface area contributed by atoms with E-state index in [2.05, 4.69) is 13.8 Å². The Labute approximate surface area is 204 Å². The van der Waals surface area contributed by atoms with E-state index in [0.717, 1.165) is 36.8 Å². The number of ketones is 1. The first-order valence-corrected chi connectivity index (χ1v) is 12.6. The van der Waals surface area contributed by atoms with Gasteiger partial charge in [0.15, 0.2) is 12.1 Å². The Hall–Kier alpha value is -1.62. The first-order chi connectivity index (χ1) is 16.5. The summed E-state index contributed by atoms with van der Waals surface area (Å²) in [5.74, 6) is -0.241. The highest BCUT2D eigenvalue weighted by molar-refractivity contribution is 6.16. The van der Waals surface area contributed by atoms with Crippen molar-refractivity contribution in [2.24, 2.45) is 16.7 Å². The third-order valence-electron chi connectivity index (χ3n) is 9.41. The molecule has 9 nitrogen and oxygen atoms in total. The second-order valence-corrected chi connectivity index (χ2v) is 11.4. The van der Waals surface area contributed by atoms with Gasteiger partial charge >= 0.3 is 5.97 Å². The van der Waals surface area contributed by atoms with Gasteiger partial charge in [0.1, 0.15) is 30.5 Å². The number of rotatable bonds is 4. The molecule has 194 valence electrons. The highest BCUT2D eigenvalue weighted by Gasteiger charge is 2.56. The Morgan fingerprint density at radius 3 is 2.54 bits per heavy atom. The summed E-state index contributed by atoms with van der Waals surface area (Å²) < 4.78 is 17.1. The molecule has 0 unspecified atom stereocenters. The molecule has 0 bridgehead atoms. The van der Waals surface area contributed by atoms with Gasteiger partial charge in [0.25, 0.3) is 0 Å². The lowest BCUT2D eigenvalue weighted by molar-refractivity contribution is -0.308. The highest BCUT2D eigenvalue weighted by Crippen LogP contribution is 2.62. The van der Waals surface area contributed by atoms with Crippen molar-refractivity contribution in [3.63, 3.8) is 0 Å². The number of aliphatic hydroxyl groups excluding tert-OH is 4. The standard InChI is InChI=1S/C26H36O9/c1-12-18-15(34-23(12)32)9-14-13(19(18)28)5-6-17-25(2,7-4-8-26(14,17)3)11-33-24-22(31)21(30)20(29)16(10-27)35-24/h15-17,20-22,24,27,29-31H,4-11H2,1-3H3/t15-,16+,17-,20-,21+,22+,24-,25+,26+/m1/s1. The van der Waals surface area contributed by atoms with Crippen LogP contribution in [0, 0.1) is 16.7 Å². The van der Waals surface area contributed by atoms with Crippen LogP contribution in [0.4, 0.5) is 0 Å². The van der Waals surface area contributed by atoms with Gasteiger partial charge in [0, 0.05) is 12.0 Å². The zero-order chi connectivity index (χ0) is 25.3. The molecule has 9 heteroatoms. The van der Waals surface area contributed by atoms with E-state index in [0.29, 0.717) is 24.0 Å². The van der Waals surface area contributed by atoms with Crippen molar-refractivity contribution in [2.75, 3.05) is 13.2 Å². The SMILES string of the molecule is CC1=C2C(=O)C3=C(C[C@H]2OC1=O)[C@]1(C)CCC[C@@](C)(CO[C@@H]2O[C@@H](CO)[C@@H](O)[C@H](O)[C@@H]2O)[C@H]1CC3. The number of fused-ring (bicyclic) bond motifs is 3. The molecule has 35 heavy (non-hydrogen) atoms. The number of esters is 1. The number of allylic oxidation sites excluding steroid dienone is 1. The van der Waals surface area contributed by atoms with E-state index in [1.807, 2.05) is 0 Å². The summed E-state index contributed by atoms with van der Waals surface area (Å²) in [6.45, 7) is 5.79. The molecule has 1 saturated heterocycles. The smallest absolute Gasteiger partial charge is 0.334 e. The molecule has 4 N–H and O–H groups in total. The number of carbonyl (C=O) groups is 2. The molecule has 0 amide bonds. The van der Waals surface area contributed by atoms with Gasteiger partial charge in [-0.1, -0.05) is 25.8 Å². The molecule has 0 radical (unpaired) electrons. The summed E-state index contributed by atoms with van der Waals surface area (Å²) in [5.41, 5.74) is 2.37. The molecule has 5 aliphatic rings. The molecule has 9 atom stereocenters. The normalized spacial score (nSPS) is 45.7. The molecule has 0 aromatic carbocycles. The Morgan fingerprint density at radius 1 is 1.09 bits per heavy atom. The minimum atomic E-state index is -1.48. The van der Waals surface area contributed by atoms with Crippen LogP contribution in [0.3, 0.4) is 0 Å². The van der Waals surface area contributed by atoms with Crippen LogP contribution in [0.5, 0.6) is 0 Å². The van der Waals surface area contributed by atoms with E-state index < -0.39 is 49.4 Å². The fourth-order valence-electron chi connectivity index (χ4n) is 7.48. The highest BCUT2D eigenvalue weighted by atomic mass is 16.7. The van der Waals surface area contributed by atoms with Crippen molar-refractivity contribution in [3.8, 4) is 0 Å². The van der Waals surface area contributed by atoms with Crippen LogP contribution in [0.25, 0.3) is 0 Å². The molecule has 2 fully saturated rings. The first-order valence-electron chi connectivity index (χ1n) is 12.6. The monoisotopic (exact) mass is 492 g/mol. The average Bonchev–Trinajstić information content (AvgIpc) is 3.11. The van der Waals surface area contributed by atoms with E-state index in [1.165, 1.54) is 0 Å². The summed E-state index contributed by atoms with van der Waals surface area (Å²) in [4.78, 5) is 25.5. The molecule has 2 aliphatic heterocycles. The van der Waals surface area contributed by atoms with Crippen LogP contribution in [0.1, 0.15) is 59.3 Å². The Balaban J connectivity index is 1.38. The van der Waals surface area contributed by atoms with Gasteiger partial charge in [0.2, 0.25) is 0 Å². The number of hydrogen-bond acceptors (Lipinski definition) is 9. The fraction of sp³-hybridized carbons (Fsp3) is 0.769. The van der Waals surface area contributed by atoms with Crippen LogP contribution in [-0.2, 0) is 23.8 Å². The Kier molecular flexibility index (Phi) is 6.26. The zero-order valence-corrected chi connectivity index (χ0v) is 20.5. The van der Waals surface area contributed by atoms with E-state index in [1.54, 1.807) is 6.92 Å². The summed E-state index contributed by atoms with van der Waals surface area (Å²) >= 11 is 0. The molecule has 1 saturated carbocycles. The number of carbonyl (C=O) groups excluding carboxylic acids is 2. The van der Waals surface area contributed by atoms with Crippen molar-refractivity contribution >= 4 is 11.8 Å². The van der Waals surface area contributed by atoms with Gasteiger partial charge in [-0.2, -0.15) is 0 Å². The Morgan fingerprint density at radius 2 is 1.83 bits per heavy atom. The molecule has 2 heterocycles. The van der Waals surface area contributed by atoms with Crippen molar-refractivity contribution < 1.29 is 44.2 Å². The lowest BCUT2D eigenvalue weighted by Gasteiger charge is -2.57. The maximum Gasteiger partial charge on any atom is 0.334 e. The third-order valence-corrected chi connectivity index (χ3v) is 9.41. The molecule has 0 spiro atoms. The number of aliphatic hydroxyl groups is 4. The summed E-state index contributed by atoms with van der Waals surface area (Å²) in [6, 6.07) is 0. The van der Waals surface area contributed by atoms with Gasteiger partial charge in [-0.05, 0) is 54.9 Å². The van der Waals surface area contributed by atoms with Gasteiger partial charge < -0.3 is 34.6 Å². The largest absolute Gasteiger partial charge is 0.454 e. The van der Waals surface area contributed by atoms with E-state index in [-0.39, 0.29) is 29.1 Å². The third kappa shape index (κ3) is 3.74. The van der Waals surface area contributed by atoms with Gasteiger partial charge in [-0.25, -0.2) is 4.79 Å². The van der Waals surface area contributed by atoms with Crippen LogP contribution in [-0.4, -0.2) is 82.2 Å². The van der Waals surface area contributed by atoms with Crippen molar-refractivity contribution in [3.05, 3.63) is 22.3 Å². The molecular formula is C26H36O9. The van der Waals surface area contributed by atoms with E-state index >= 15 is 0 Å². The summed E-state index contributed by atoms with van der Waals surface area (Å²) in [5, 5.41) is 40.0. The van der Waals surface area contributed by atoms with Gasteiger partial charge in [0.05, 0.1) is 18.8 Å².